The van der Waals surface area contributed by atoms with Crippen LogP contribution in [0.5, 0.6) is 0 Å². The van der Waals surface area contributed by atoms with Crippen molar-refractivity contribution in [3.05, 3.63) is 58.8 Å². The Morgan fingerprint density at radius 3 is 2.52 bits per heavy atom. The second-order valence-corrected chi connectivity index (χ2v) is 6.75. The lowest BCUT2D eigenvalue weighted by Crippen LogP contribution is -2.22. The van der Waals surface area contributed by atoms with E-state index < -0.39 is 0 Å². The van der Waals surface area contributed by atoms with Gasteiger partial charge in [0.15, 0.2) is 0 Å². The second-order valence-electron chi connectivity index (χ2n) is 5.79. The van der Waals surface area contributed by atoms with Gasteiger partial charge in [-0.25, -0.2) is 4.98 Å². The fourth-order valence-electron chi connectivity index (χ4n) is 2.31. The Labute approximate surface area is 132 Å². The second kappa shape index (κ2) is 7.62. The van der Waals surface area contributed by atoms with Crippen LogP contribution in [-0.4, -0.2) is 11.0 Å². The molecule has 0 aliphatic rings. The lowest BCUT2D eigenvalue weighted by Gasteiger charge is -2.12. The molecule has 1 N–H and O–H groups in total. The number of nitrogens with zero attached hydrogens (tertiary/aromatic N) is 1. The highest BCUT2D eigenvalue weighted by Gasteiger charge is 2.06. The molecule has 0 bridgehead atoms. The zero-order valence-corrected chi connectivity index (χ0v) is 14.1. The van der Waals surface area contributed by atoms with Crippen molar-refractivity contribution in [2.24, 2.45) is 0 Å². The standard InChI is InChI=1S/C18H24N2S/c1-13(2)20-11-17-6-5-7-19-18(17)21-12-16-9-14(3)8-15(4)10-16/h5-10,13,20H,11-12H2,1-4H3. The number of rotatable bonds is 6. The lowest BCUT2D eigenvalue weighted by atomic mass is 10.1. The molecule has 0 radical (unpaired) electrons. The molecule has 1 heterocycles. The van der Waals surface area contributed by atoms with Crippen molar-refractivity contribution in [2.75, 3.05) is 0 Å². The third-order valence-electron chi connectivity index (χ3n) is 3.21. The topological polar surface area (TPSA) is 24.9 Å². The maximum Gasteiger partial charge on any atom is 0.101 e. The van der Waals surface area contributed by atoms with Crippen LogP contribution in [0.15, 0.2) is 41.6 Å². The lowest BCUT2D eigenvalue weighted by molar-refractivity contribution is 0.582. The first-order chi connectivity index (χ1) is 10.0. The summed E-state index contributed by atoms with van der Waals surface area (Å²) in [7, 11) is 0. The maximum atomic E-state index is 4.54. The zero-order chi connectivity index (χ0) is 15.2. The monoisotopic (exact) mass is 300 g/mol. The van der Waals surface area contributed by atoms with Crippen LogP contribution in [0.2, 0.25) is 0 Å². The fourth-order valence-corrected chi connectivity index (χ4v) is 3.24. The molecular formula is C18H24N2S. The van der Waals surface area contributed by atoms with E-state index in [2.05, 4.69) is 62.3 Å². The predicted molar refractivity (Wildman–Crippen MR) is 91.7 cm³/mol. The van der Waals surface area contributed by atoms with Gasteiger partial charge < -0.3 is 5.32 Å². The molecule has 2 rings (SSSR count). The third-order valence-corrected chi connectivity index (χ3v) is 4.33. The number of aromatic nitrogens is 1. The Morgan fingerprint density at radius 2 is 1.86 bits per heavy atom. The van der Waals surface area contributed by atoms with E-state index in [-0.39, 0.29) is 0 Å². The molecule has 1 aromatic carbocycles. The highest BCUT2D eigenvalue weighted by molar-refractivity contribution is 7.98. The van der Waals surface area contributed by atoms with E-state index in [0.29, 0.717) is 6.04 Å². The first-order valence-electron chi connectivity index (χ1n) is 7.42. The number of pyridine rings is 1. The predicted octanol–water partition coefficient (Wildman–Crippen LogP) is 4.49. The minimum absolute atomic E-state index is 0.488. The summed E-state index contributed by atoms with van der Waals surface area (Å²) >= 11 is 1.82. The van der Waals surface area contributed by atoms with Crippen LogP contribution < -0.4 is 5.32 Å². The smallest absolute Gasteiger partial charge is 0.101 e. The summed E-state index contributed by atoms with van der Waals surface area (Å²) in [6, 6.07) is 11.4. The molecule has 21 heavy (non-hydrogen) atoms. The molecule has 2 nitrogen and oxygen atoms in total. The van der Waals surface area contributed by atoms with Crippen molar-refractivity contribution < 1.29 is 0 Å². The summed E-state index contributed by atoms with van der Waals surface area (Å²) in [5.74, 6) is 0.966. The van der Waals surface area contributed by atoms with Gasteiger partial charge in [-0.05, 0) is 31.0 Å². The van der Waals surface area contributed by atoms with Crippen LogP contribution in [-0.2, 0) is 12.3 Å². The van der Waals surface area contributed by atoms with Gasteiger partial charge in [0.05, 0.1) is 0 Å². The van der Waals surface area contributed by atoms with E-state index in [1.807, 2.05) is 24.0 Å². The fraction of sp³-hybridized carbons (Fsp3) is 0.389. The van der Waals surface area contributed by atoms with Crippen LogP contribution in [0.25, 0.3) is 0 Å². The van der Waals surface area contributed by atoms with Crippen molar-refractivity contribution >= 4 is 11.8 Å². The van der Waals surface area contributed by atoms with Crippen LogP contribution >= 0.6 is 11.8 Å². The first-order valence-corrected chi connectivity index (χ1v) is 8.40. The number of nitrogens with one attached hydrogen (secondary N) is 1. The Bertz CT molecular complexity index is 573. The Morgan fingerprint density at radius 1 is 1.14 bits per heavy atom. The van der Waals surface area contributed by atoms with Gasteiger partial charge in [0.25, 0.3) is 0 Å². The number of benzene rings is 1. The summed E-state index contributed by atoms with van der Waals surface area (Å²) in [6.07, 6.45) is 1.88. The number of thioether (sulfide) groups is 1. The highest BCUT2D eigenvalue weighted by atomic mass is 32.2. The molecule has 0 fully saturated rings. The van der Waals surface area contributed by atoms with E-state index >= 15 is 0 Å². The normalized spacial score (nSPS) is 11.1. The average Bonchev–Trinajstić information content (AvgIpc) is 2.42. The number of hydrogen-bond acceptors (Lipinski definition) is 3. The van der Waals surface area contributed by atoms with Gasteiger partial charge in [0.2, 0.25) is 0 Å². The summed E-state index contributed by atoms with van der Waals surface area (Å²) in [5, 5.41) is 4.59. The maximum absolute atomic E-state index is 4.54. The highest BCUT2D eigenvalue weighted by Crippen LogP contribution is 2.25. The van der Waals surface area contributed by atoms with Crippen LogP contribution in [0.4, 0.5) is 0 Å². The largest absolute Gasteiger partial charge is 0.310 e. The molecule has 3 heteroatoms. The molecule has 112 valence electrons. The van der Waals surface area contributed by atoms with Gasteiger partial charge in [-0.15, -0.1) is 11.8 Å². The van der Waals surface area contributed by atoms with Crippen LogP contribution in [0, 0.1) is 13.8 Å². The van der Waals surface area contributed by atoms with Crippen LogP contribution in [0.1, 0.15) is 36.1 Å². The molecule has 0 atom stereocenters. The summed E-state index contributed by atoms with van der Waals surface area (Å²) in [5.41, 5.74) is 5.30. The molecule has 1 aromatic heterocycles. The molecule has 0 saturated carbocycles. The molecule has 2 aromatic rings. The summed E-state index contributed by atoms with van der Waals surface area (Å²) in [4.78, 5) is 4.54. The van der Waals surface area contributed by atoms with Crippen molar-refractivity contribution in [2.45, 2.75) is 51.1 Å². The molecule has 0 unspecified atom stereocenters. The third kappa shape index (κ3) is 5.18. The Balaban J connectivity index is 2.05. The van der Waals surface area contributed by atoms with E-state index in [9.17, 15) is 0 Å². The number of aryl methyl sites for hydroxylation is 2. The quantitative estimate of drug-likeness (QED) is 0.796. The molecule has 0 aliphatic heterocycles. The van der Waals surface area contributed by atoms with Gasteiger partial charge in [0.1, 0.15) is 5.03 Å². The average molecular weight is 300 g/mol. The molecule has 0 saturated heterocycles. The Kier molecular flexibility index (Phi) is 5.83. The van der Waals surface area contributed by atoms with Gasteiger partial charge in [-0.3, -0.25) is 0 Å². The van der Waals surface area contributed by atoms with Crippen molar-refractivity contribution in [1.82, 2.24) is 10.3 Å². The minimum atomic E-state index is 0.488. The van der Waals surface area contributed by atoms with Gasteiger partial charge in [-0.2, -0.15) is 0 Å². The van der Waals surface area contributed by atoms with Gasteiger partial charge in [0, 0.05) is 24.5 Å². The van der Waals surface area contributed by atoms with E-state index in [0.717, 1.165) is 17.3 Å². The van der Waals surface area contributed by atoms with E-state index in [4.69, 9.17) is 0 Å². The first kappa shape index (κ1) is 16.1. The SMILES string of the molecule is Cc1cc(C)cc(CSc2ncccc2CNC(C)C)c1. The molecule has 0 aliphatic carbocycles. The molecule has 0 amide bonds. The Hall–Kier alpha value is -1.32. The number of hydrogen-bond donors (Lipinski definition) is 1. The molecular weight excluding hydrogens is 276 g/mol. The van der Waals surface area contributed by atoms with Crippen molar-refractivity contribution in [3.8, 4) is 0 Å². The van der Waals surface area contributed by atoms with Gasteiger partial charge >= 0.3 is 0 Å². The minimum Gasteiger partial charge on any atom is -0.310 e. The van der Waals surface area contributed by atoms with Crippen molar-refractivity contribution in [3.63, 3.8) is 0 Å². The summed E-state index contributed by atoms with van der Waals surface area (Å²) < 4.78 is 0. The van der Waals surface area contributed by atoms with E-state index in [1.54, 1.807) is 0 Å². The van der Waals surface area contributed by atoms with Crippen molar-refractivity contribution in [1.29, 1.82) is 0 Å². The van der Waals surface area contributed by atoms with E-state index in [1.165, 1.54) is 22.3 Å². The van der Waals surface area contributed by atoms with Crippen LogP contribution in [0.3, 0.4) is 0 Å². The molecule has 0 spiro atoms. The summed E-state index contributed by atoms with van der Waals surface area (Å²) in [6.45, 7) is 9.51. The zero-order valence-electron chi connectivity index (χ0n) is 13.3. The van der Waals surface area contributed by atoms with Gasteiger partial charge in [-0.1, -0.05) is 49.2 Å².